The van der Waals surface area contributed by atoms with Gasteiger partial charge in [0.05, 0.1) is 11.0 Å². The molecule has 0 aromatic rings. The molecule has 0 bridgehead atoms. The Bertz CT molecular complexity index is 350. The summed E-state index contributed by atoms with van der Waals surface area (Å²) in [5.74, 6) is -0.350. The van der Waals surface area contributed by atoms with E-state index in [1.165, 1.54) is 0 Å². The lowest BCUT2D eigenvalue weighted by atomic mass is 9.74. The van der Waals surface area contributed by atoms with E-state index in [0.717, 1.165) is 12.8 Å². The van der Waals surface area contributed by atoms with Crippen molar-refractivity contribution in [3.63, 3.8) is 0 Å². The maximum Gasteiger partial charge on any atom is 0.315 e. The second-order valence-corrected chi connectivity index (χ2v) is 6.16. The van der Waals surface area contributed by atoms with Crippen LogP contribution in [0, 0.1) is 11.3 Å². The average molecular weight is 256 g/mol. The van der Waals surface area contributed by atoms with Gasteiger partial charge in [0, 0.05) is 6.04 Å². The van der Waals surface area contributed by atoms with Gasteiger partial charge in [0.1, 0.15) is 0 Å². The normalized spacial score (nSPS) is 23.4. The zero-order chi connectivity index (χ0) is 14.1. The van der Waals surface area contributed by atoms with Crippen LogP contribution < -0.4 is 10.6 Å². The standard InChI is InChI=1S/C13H24N2O3/c1-6-8-7-9(8)14-11(18)15-13(4,5)12(2,3)10(16)17/h8-9H,6-7H2,1-5H3,(H,16,17)(H2,14,15,18). The first kappa shape index (κ1) is 14.8. The van der Waals surface area contributed by atoms with Crippen LogP contribution in [0.1, 0.15) is 47.5 Å². The predicted octanol–water partition coefficient (Wildman–Crippen LogP) is 1.97. The highest BCUT2D eigenvalue weighted by Crippen LogP contribution is 2.34. The number of carboxylic acid groups (broad SMARTS) is 1. The molecule has 0 spiro atoms. The second kappa shape index (κ2) is 4.78. The Morgan fingerprint density at radius 2 is 1.83 bits per heavy atom. The summed E-state index contributed by atoms with van der Waals surface area (Å²) in [5.41, 5.74) is -1.85. The van der Waals surface area contributed by atoms with Crippen molar-refractivity contribution in [2.75, 3.05) is 0 Å². The number of nitrogens with one attached hydrogen (secondary N) is 2. The van der Waals surface area contributed by atoms with Crippen LogP contribution in [0.2, 0.25) is 0 Å². The van der Waals surface area contributed by atoms with Gasteiger partial charge in [-0.05, 0) is 40.0 Å². The predicted molar refractivity (Wildman–Crippen MR) is 69.3 cm³/mol. The summed E-state index contributed by atoms with van der Waals surface area (Å²) < 4.78 is 0. The van der Waals surface area contributed by atoms with E-state index < -0.39 is 16.9 Å². The van der Waals surface area contributed by atoms with E-state index in [0.29, 0.717) is 5.92 Å². The van der Waals surface area contributed by atoms with E-state index in [1.807, 2.05) is 0 Å². The third kappa shape index (κ3) is 2.94. The van der Waals surface area contributed by atoms with Gasteiger partial charge in [-0.25, -0.2) is 4.79 Å². The van der Waals surface area contributed by atoms with Gasteiger partial charge in [0.15, 0.2) is 0 Å². The maximum absolute atomic E-state index is 11.8. The van der Waals surface area contributed by atoms with Gasteiger partial charge in [0.2, 0.25) is 0 Å². The van der Waals surface area contributed by atoms with Crippen LogP contribution in [0.3, 0.4) is 0 Å². The van der Waals surface area contributed by atoms with Crippen LogP contribution in [-0.2, 0) is 4.79 Å². The van der Waals surface area contributed by atoms with Gasteiger partial charge < -0.3 is 15.7 Å². The molecule has 0 aliphatic heterocycles. The molecule has 5 nitrogen and oxygen atoms in total. The summed E-state index contributed by atoms with van der Waals surface area (Å²) in [4.78, 5) is 23.0. The first-order chi connectivity index (χ1) is 8.11. The van der Waals surface area contributed by atoms with Crippen molar-refractivity contribution in [1.29, 1.82) is 0 Å². The van der Waals surface area contributed by atoms with E-state index >= 15 is 0 Å². The van der Waals surface area contributed by atoms with Crippen LogP contribution in [0.15, 0.2) is 0 Å². The SMILES string of the molecule is CCC1CC1NC(=O)NC(C)(C)C(C)(C)C(=O)O. The van der Waals surface area contributed by atoms with Gasteiger partial charge in [-0.1, -0.05) is 13.3 Å². The molecule has 0 heterocycles. The number of carbonyl (C=O) groups excluding carboxylic acids is 1. The number of rotatable bonds is 5. The summed E-state index contributed by atoms with van der Waals surface area (Å²) in [5, 5.41) is 14.8. The molecule has 3 N–H and O–H groups in total. The lowest BCUT2D eigenvalue weighted by Crippen LogP contribution is -2.59. The van der Waals surface area contributed by atoms with Crippen LogP contribution in [0.25, 0.3) is 0 Å². The highest BCUT2D eigenvalue weighted by atomic mass is 16.4. The van der Waals surface area contributed by atoms with Crippen molar-refractivity contribution in [2.45, 2.75) is 59.0 Å². The molecule has 1 aliphatic rings. The molecule has 2 unspecified atom stereocenters. The van der Waals surface area contributed by atoms with Gasteiger partial charge in [0.25, 0.3) is 0 Å². The minimum atomic E-state index is -1.03. The third-order valence-electron chi connectivity index (χ3n) is 4.29. The summed E-state index contributed by atoms with van der Waals surface area (Å²) in [6, 6.07) is -0.0333. The van der Waals surface area contributed by atoms with E-state index in [9.17, 15) is 14.7 Å². The summed E-state index contributed by atoms with van der Waals surface area (Å²) in [7, 11) is 0. The number of amides is 2. The molecule has 1 fully saturated rings. The van der Waals surface area contributed by atoms with Crippen molar-refractivity contribution in [1.82, 2.24) is 10.6 Å². The van der Waals surface area contributed by atoms with Crippen molar-refractivity contribution < 1.29 is 14.7 Å². The molecule has 2 atom stereocenters. The Kier molecular flexibility index (Phi) is 3.93. The van der Waals surface area contributed by atoms with Crippen LogP contribution in [-0.4, -0.2) is 28.7 Å². The summed E-state index contributed by atoms with van der Waals surface area (Å²) in [6.45, 7) is 8.78. The molecule has 1 aliphatic carbocycles. The first-order valence-corrected chi connectivity index (χ1v) is 6.44. The Hall–Kier alpha value is -1.26. The van der Waals surface area contributed by atoms with Crippen molar-refractivity contribution in [3.8, 4) is 0 Å². The summed E-state index contributed by atoms with van der Waals surface area (Å²) in [6.07, 6.45) is 2.08. The topological polar surface area (TPSA) is 78.4 Å². The van der Waals surface area contributed by atoms with Gasteiger partial charge in [-0.2, -0.15) is 0 Å². The van der Waals surface area contributed by atoms with Crippen molar-refractivity contribution in [2.24, 2.45) is 11.3 Å². The fourth-order valence-corrected chi connectivity index (χ4v) is 1.79. The second-order valence-electron chi connectivity index (χ2n) is 6.16. The molecule has 1 saturated carbocycles. The maximum atomic E-state index is 11.8. The van der Waals surface area contributed by atoms with Crippen molar-refractivity contribution >= 4 is 12.0 Å². The first-order valence-electron chi connectivity index (χ1n) is 6.44. The average Bonchev–Trinajstić information content (AvgIpc) is 2.94. The van der Waals surface area contributed by atoms with E-state index in [2.05, 4.69) is 17.6 Å². The molecule has 18 heavy (non-hydrogen) atoms. The number of hydrogen-bond donors (Lipinski definition) is 3. The molecule has 0 radical (unpaired) electrons. The van der Waals surface area contributed by atoms with E-state index in [1.54, 1.807) is 27.7 Å². The number of carbonyl (C=O) groups is 2. The molecule has 1 rings (SSSR count). The largest absolute Gasteiger partial charge is 0.481 e. The summed E-state index contributed by atoms with van der Waals surface area (Å²) >= 11 is 0. The number of carboxylic acids is 1. The molecule has 5 heteroatoms. The van der Waals surface area contributed by atoms with E-state index in [-0.39, 0.29) is 12.1 Å². The minimum absolute atomic E-state index is 0.249. The number of urea groups is 1. The molecular weight excluding hydrogens is 232 g/mol. The fraction of sp³-hybridized carbons (Fsp3) is 0.846. The van der Waals surface area contributed by atoms with E-state index in [4.69, 9.17) is 0 Å². The third-order valence-corrected chi connectivity index (χ3v) is 4.29. The highest BCUT2D eigenvalue weighted by molar-refractivity contribution is 5.80. The molecule has 0 saturated heterocycles. The zero-order valence-corrected chi connectivity index (χ0v) is 11.8. The van der Waals surface area contributed by atoms with Gasteiger partial charge in [-0.3, -0.25) is 4.79 Å². The number of aliphatic carboxylic acids is 1. The Balaban J connectivity index is 2.55. The van der Waals surface area contributed by atoms with Crippen LogP contribution in [0.5, 0.6) is 0 Å². The Morgan fingerprint density at radius 1 is 1.28 bits per heavy atom. The Morgan fingerprint density at radius 3 is 2.22 bits per heavy atom. The fourth-order valence-electron chi connectivity index (χ4n) is 1.79. The molecule has 104 valence electrons. The van der Waals surface area contributed by atoms with Crippen molar-refractivity contribution in [3.05, 3.63) is 0 Å². The number of hydrogen-bond acceptors (Lipinski definition) is 2. The van der Waals surface area contributed by atoms with Gasteiger partial charge >= 0.3 is 12.0 Å². The quantitative estimate of drug-likeness (QED) is 0.703. The molecule has 0 aromatic heterocycles. The molecule has 0 aromatic carbocycles. The van der Waals surface area contributed by atoms with Gasteiger partial charge in [-0.15, -0.1) is 0 Å². The lowest BCUT2D eigenvalue weighted by Gasteiger charge is -2.38. The Labute approximate surface area is 108 Å². The smallest absolute Gasteiger partial charge is 0.315 e. The molecular formula is C13H24N2O3. The minimum Gasteiger partial charge on any atom is -0.481 e. The van der Waals surface area contributed by atoms with Crippen LogP contribution in [0.4, 0.5) is 4.79 Å². The zero-order valence-electron chi connectivity index (χ0n) is 11.8. The molecule has 2 amide bonds. The monoisotopic (exact) mass is 256 g/mol. The lowest BCUT2D eigenvalue weighted by molar-refractivity contribution is -0.150. The van der Waals surface area contributed by atoms with Crippen LogP contribution >= 0.6 is 0 Å². The highest BCUT2D eigenvalue weighted by Gasteiger charge is 2.45.